The first-order valence-corrected chi connectivity index (χ1v) is 12.1. The lowest BCUT2D eigenvalue weighted by molar-refractivity contribution is -0.147. The number of esters is 1. The van der Waals surface area contributed by atoms with Gasteiger partial charge in [0.05, 0.1) is 0 Å². The first kappa shape index (κ1) is 25.7. The number of hydrogen-bond acceptors (Lipinski definition) is 5. The van der Waals surface area contributed by atoms with Crippen molar-refractivity contribution in [1.29, 1.82) is 0 Å². The van der Waals surface area contributed by atoms with Gasteiger partial charge in [-0.05, 0) is 77.9 Å². The Hall–Kier alpha value is -4.36. The second-order valence-corrected chi connectivity index (χ2v) is 8.69. The van der Waals surface area contributed by atoms with E-state index >= 15 is 0 Å². The standard InChI is InChI=1S/C29H25ClN2O5/c30-22-9-11-23(12-10-22)32-28(34)19-36-29(35)7-3-6-27(33)31-24-13-16-25(17-14-24)37-26-15-8-20-4-1-2-5-21(20)18-26/h1-2,4-5,8-18H,3,6-7,19H2,(H,31,33)(H,32,34). The summed E-state index contributed by atoms with van der Waals surface area (Å²) in [5, 5.41) is 8.18. The molecule has 0 saturated heterocycles. The molecule has 37 heavy (non-hydrogen) atoms. The van der Waals surface area contributed by atoms with Crippen molar-refractivity contribution in [3.8, 4) is 11.5 Å². The minimum Gasteiger partial charge on any atom is -0.457 e. The molecule has 0 aliphatic carbocycles. The molecule has 0 radical (unpaired) electrons. The van der Waals surface area contributed by atoms with Crippen LogP contribution in [0.2, 0.25) is 5.02 Å². The number of ether oxygens (including phenoxy) is 2. The van der Waals surface area contributed by atoms with Gasteiger partial charge >= 0.3 is 5.97 Å². The van der Waals surface area contributed by atoms with Crippen LogP contribution in [0.3, 0.4) is 0 Å². The Morgan fingerprint density at radius 3 is 2.03 bits per heavy atom. The molecule has 0 unspecified atom stereocenters. The second-order valence-electron chi connectivity index (χ2n) is 8.25. The highest BCUT2D eigenvalue weighted by molar-refractivity contribution is 6.30. The van der Waals surface area contributed by atoms with Crippen LogP contribution in [0.1, 0.15) is 19.3 Å². The van der Waals surface area contributed by atoms with E-state index in [0.717, 1.165) is 16.5 Å². The quantitative estimate of drug-likeness (QED) is 0.232. The van der Waals surface area contributed by atoms with Gasteiger partial charge in [0, 0.05) is 29.2 Å². The lowest BCUT2D eigenvalue weighted by Gasteiger charge is -2.09. The van der Waals surface area contributed by atoms with Crippen LogP contribution in [0, 0.1) is 0 Å². The van der Waals surface area contributed by atoms with Crippen LogP contribution in [0.4, 0.5) is 11.4 Å². The lowest BCUT2D eigenvalue weighted by Crippen LogP contribution is -2.21. The van der Waals surface area contributed by atoms with E-state index in [1.165, 1.54) is 0 Å². The van der Waals surface area contributed by atoms with Crippen molar-refractivity contribution in [1.82, 2.24) is 0 Å². The summed E-state index contributed by atoms with van der Waals surface area (Å²) < 4.78 is 10.9. The van der Waals surface area contributed by atoms with E-state index in [2.05, 4.69) is 10.6 Å². The summed E-state index contributed by atoms with van der Waals surface area (Å²) in [7, 11) is 0. The van der Waals surface area contributed by atoms with E-state index in [0.29, 0.717) is 28.6 Å². The molecule has 0 bridgehead atoms. The lowest BCUT2D eigenvalue weighted by atomic mass is 10.1. The van der Waals surface area contributed by atoms with Crippen LogP contribution in [0.5, 0.6) is 11.5 Å². The highest BCUT2D eigenvalue weighted by Gasteiger charge is 2.10. The number of amides is 2. The zero-order valence-corrected chi connectivity index (χ0v) is 20.7. The average Bonchev–Trinajstić information content (AvgIpc) is 2.90. The van der Waals surface area contributed by atoms with Gasteiger partial charge in [-0.2, -0.15) is 0 Å². The smallest absolute Gasteiger partial charge is 0.306 e. The van der Waals surface area contributed by atoms with Crippen molar-refractivity contribution < 1.29 is 23.9 Å². The maximum atomic E-state index is 12.2. The first-order valence-electron chi connectivity index (χ1n) is 11.7. The van der Waals surface area contributed by atoms with Gasteiger partial charge in [-0.3, -0.25) is 14.4 Å². The van der Waals surface area contributed by atoms with Gasteiger partial charge in [-0.15, -0.1) is 0 Å². The molecule has 4 rings (SSSR count). The molecule has 0 heterocycles. The first-order chi connectivity index (χ1) is 17.9. The minimum absolute atomic E-state index is 0.0280. The third-order valence-corrected chi connectivity index (χ3v) is 5.62. The third kappa shape index (κ3) is 8.08. The number of fused-ring (bicyclic) bond motifs is 1. The predicted molar refractivity (Wildman–Crippen MR) is 144 cm³/mol. The molecule has 0 spiro atoms. The Balaban J connectivity index is 1.14. The highest BCUT2D eigenvalue weighted by atomic mass is 35.5. The Bertz CT molecular complexity index is 1390. The summed E-state index contributed by atoms with van der Waals surface area (Å²) in [6.07, 6.45) is 0.466. The monoisotopic (exact) mass is 516 g/mol. The zero-order valence-electron chi connectivity index (χ0n) is 19.9. The average molecular weight is 517 g/mol. The molecule has 0 atom stereocenters. The minimum atomic E-state index is -0.547. The summed E-state index contributed by atoms with van der Waals surface area (Å²) in [5.74, 6) is 0.146. The molecule has 2 N–H and O–H groups in total. The van der Waals surface area contributed by atoms with E-state index < -0.39 is 18.5 Å². The van der Waals surface area contributed by atoms with Gasteiger partial charge in [-0.1, -0.05) is 41.9 Å². The number of nitrogens with one attached hydrogen (secondary N) is 2. The number of anilines is 2. The molecule has 0 saturated carbocycles. The fourth-order valence-electron chi connectivity index (χ4n) is 3.54. The van der Waals surface area contributed by atoms with E-state index in [4.69, 9.17) is 21.1 Å². The summed E-state index contributed by atoms with van der Waals surface area (Å²) in [5.41, 5.74) is 1.17. The topological polar surface area (TPSA) is 93.7 Å². The molecule has 4 aromatic carbocycles. The highest BCUT2D eigenvalue weighted by Crippen LogP contribution is 2.26. The van der Waals surface area contributed by atoms with Gasteiger partial charge in [0.15, 0.2) is 6.61 Å². The van der Waals surface area contributed by atoms with Gasteiger partial charge in [0.1, 0.15) is 11.5 Å². The molecule has 0 aliphatic rings. The molecule has 0 aromatic heterocycles. The van der Waals surface area contributed by atoms with E-state index in [9.17, 15) is 14.4 Å². The van der Waals surface area contributed by atoms with Crippen LogP contribution in [-0.4, -0.2) is 24.4 Å². The Morgan fingerprint density at radius 2 is 1.30 bits per heavy atom. The molecular formula is C29H25ClN2O5. The molecule has 7 nitrogen and oxygen atoms in total. The van der Waals surface area contributed by atoms with Crippen molar-refractivity contribution in [3.63, 3.8) is 0 Å². The predicted octanol–water partition coefficient (Wildman–Crippen LogP) is 6.58. The van der Waals surface area contributed by atoms with Crippen molar-refractivity contribution in [2.45, 2.75) is 19.3 Å². The Kier molecular flexibility index (Phi) is 8.73. The second kappa shape index (κ2) is 12.6. The summed E-state index contributed by atoms with van der Waals surface area (Å²) in [6, 6.07) is 27.6. The number of carbonyl (C=O) groups is 3. The largest absolute Gasteiger partial charge is 0.457 e. The fourth-order valence-corrected chi connectivity index (χ4v) is 3.66. The number of hydrogen-bond donors (Lipinski definition) is 2. The van der Waals surface area contributed by atoms with Crippen LogP contribution in [0.15, 0.2) is 91.0 Å². The van der Waals surface area contributed by atoms with Crippen LogP contribution >= 0.6 is 11.6 Å². The van der Waals surface area contributed by atoms with E-state index in [1.807, 2.05) is 42.5 Å². The van der Waals surface area contributed by atoms with Gasteiger partial charge in [0.25, 0.3) is 5.91 Å². The molecule has 4 aromatic rings. The number of carbonyl (C=O) groups excluding carboxylic acids is 3. The maximum Gasteiger partial charge on any atom is 0.306 e. The van der Waals surface area contributed by atoms with Gasteiger partial charge in [0.2, 0.25) is 5.91 Å². The van der Waals surface area contributed by atoms with Crippen molar-refractivity contribution in [2.24, 2.45) is 0 Å². The number of rotatable bonds is 10. The Labute approximate surface area is 219 Å². The van der Waals surface area contributed by atoms with Gasteiger partial charge in [-0.25, -0.2) is 0 Å². The van der Waals surface area contributed by atoms with Crippen LogP contribution in [0.25, 0.3) is 10.8 Å². The third-order valence-electron chi connectivity index (χ3n) is 5.37. The SMILES string of the molecule is O=C(CCCC(=O)OCC(=O)Nc1ccc(Cl)cc1)Nc1ccc(Oc2ccc3ccccc3c2)cc1. The molecule has 188 valence electrons. The number of benzene rings is 4. The normalized spacial score (nSPS) is 10.5. The molecule has 2 amide bonds. The summed E-state index contributed by atoms with van der Waals surface area (Å²) in [6.45, 7) is -0.402. The van der Waals surface area contributed by atoms with Gasteiger partial charge < -0.3 is 20.1 Å². The molecular weight excluding hydrogens is 492 g/mol. The van der Waals surface area contributed by atoms with Crippen molar-refractivity contribution >= 4 is 51.5 Å². The maximum absolute atomic E-state index is 12.2. The zero-order chi connectivity index (χ0) is 26.0. The van der Waals surface area contributed by atoms with Crippen LogP contribution < -0.4 is 15.4 Å². The number of halogens is 1. The summed E-state index contributed by atoms with van der Waals surface area (Å²) in [4.78, 5) is 36.0. The Morgan fingerprint density at radius 1 is 0.676 bits per heavy atom. The van der Waals surface area contributed by atoms with Crippen LogP contribution in [-0.2, 0) is 19.1 Å². The fraction of sp³-hybridized carbons (Fsp3) is 0.138. The summed E-state index contributed by atoms with van der Waals surface area (Å²) >= 11 is 5.80. The van der Waals surface area contributed by atoms with Crippen molar-refractivity contribution in [3.05, 3.63) is 96.0 Å². The molecule has 8 heteroatoms. The van der Waals surface area contributed by atoms with E-state index in [1.54, 1.807) is 48.5 Å². The molecule has 0 aliphatic heterocycles. The molecule has 0 fully saturated rings. The van der Waals surface area contributed by atoms with Crippen molar-refractivity contribution in [2.75, 3.05) is 17.2 Å². The van der Waals surface area contributed by atoms with E-state index in [-0.39, 0.29) is 18.7 Å².